The first-order chi connectivity index (χ1) is 11.9. The number of piperazine rings is 1. The van der Waals surface area contributed by atoms with E-state index >= 15 is 0 Å². The summed E-state index contributed by atoms with van der Waals surface area (Å²) in [5, 5.41) is 12.7. The molecule has 0 spiro atoms. The second kappa shape index (κ2) is 7.70. The molecule has 0 unspecified atom stereocenters. The van der Waals surface area contributed by atoms with Gasteiger partial charge in [0.05, 0.1) is 11.6 Å². The van der Waals surface area contributed by atoms with E-state index < -0.39 is 0 Å². The number of nitrogens with zero attached hydrogens (tertiary/aromatic N) is 6. The van der Waals surface area contributed by atoms with E-state index in [2.05, 4.69) is 59.9 Å². The standard InChI is InChI=1S/C19H36N6/c1-15(2)17(18-20-21-22-25(18)19(3,4)5)24-13-11-23(12-14-24)16-9-7-6-8-10-16/h15-17H,6-14H2,1-5H3/t17-/m1/s1. The van der Waals surface area contributed by atoms with Gasteiger partial charge >= 0.3 is 0 Å². The molecule has 2 fully saturated rings. The van der Waals surface area contributed by atoms with Crippen molar-refractivity contribution in [3.05, 3.63) is 5.82 Å². The van der Waals surface area contributed by atoms with E-state index in [-0.39, 0.29) is 5.54 Å². The molecule has 6 heteroatoms. The van der Waals surface area contributed by atoms with Gasteiger partial charge in [0.25, 0.3) is 0 Å². The minimum atomic E-state index is -0.0874. The fourth-order valence-electron chi connectivity index (χ4n) is 4.57. The van der Waals surface area contributed by atoms with E-state index in [1.165, 1.54) is 45.2 Å². The lowest BCUT2D eigenvalue weighted by atomic mass is 9.93. The summed E-state index contributed by atoms with van der Waals surface area (Å²) in [6.07, 6.45) is 7.06. The first-order valence-corrected chi connectivity index (χ1v) is 10.1. The van der Waals surface area contributed by atoms with E-state index in [0.717, 1.165) is 25.0 Å². The summed E-state index contributed by atoms with van der Waals surface area (Å²) >= 11 is 0. The molecule has 3 rings (SSSR count). The van der Waals surface area contributed by atoms with Crippen LogP contribution in [0.5, 0.6) is 0 Å². The monoisotopic (exact) mass is 348 g/mol. The van der Waals surface area contributed by atoms with Gasteiger partial charge in [-0.2, -0.15) is 0 Å². The minimum Gasteiger partial charge on any atom is -0.298 e. The second-order valence-corrected chi connectivity index (χ2v) is 9.17. The van der Waals surface area contributed by atoms with Crippen LogP contribution in [0.3, 0.4) is 0 Å². The normalized spacial score (nSPS) is 23.3. The highest BCUT2D eigenvalue weighted by atomic mass is 15.6. The van der Waals surface area contributed by atoms with Crippen molar-refractivity contribution in [1.29, 1.82) is 0 Å². The van der Waals surface area contributed by atoms with Crippen molar-refractivity contribution in [2.75, 3.05) is 26.2 Å². The Morgan fingerprint density at radius 1 is 0.960 bits per heavy atom. The maximum absolute atomic E-state index is 4.43. The Balaban J connectivity index is 1.70. The van der Waals surface area contributed by atoms with Gasteiger partial charge in [0.2, 0.25) is 0 Å². The molecule has 6 nitrogen and oxygen atoms in total. The van der Waals surface area contributed by atoms with Crippen molar-refractivity contribution in [2.45, 2.75) is 84.3 Å². The van der Waals surface area contributed by atoms with Crippen molar-refractivity contribution >= 4 is 0 Å². The maximum Gasteiger partial charge on any atom is 0.169 e. The van der Waals surface area contributed by atoms with Crippen LogP contribution in [0.4, 0.5) is 0 Å². The van der Waals surface area contributed by atoms with Gasteiger partial charge in [0.1, 0.15) is 0 Å². The predicted octanol–water partition coefficient (Wildman–Crippen LogP) is 3.08. The summed E-state index contributed by atoms with van der Waals surface area (Å²) in [5.41, 5.74) is -0.0874. The molecular formula is C19H36N6. The first kappa shape index (κ1) is 18.8. The fourth-order valence-corrected chi connectivity index (χ4v) is 4.57. The lowest BCUT2D eigenvalue weighted by Crippen LogP contribution is -2.52. The summed E-state index contributed by atoms with van der Waals surface area (Å²) in [6, 6.07) is 1.12. The lowest BCUT2D eigenvalue weighted by molar-refractivity contribution is 0.0378. The number of tetrazole rings is 1. The average Bonchev–Trinajstić information content (AvgIpc) is 3.06. The number of aromatic nitrogens is 4. The second-order valence-electron chi connectivity index (χ2n) is 9.17. The highest BCUT2D eigenvalue weighted by Crippen LogP contribution is 2.31. The van der Waals surface area contributed by atoms with Crippen molar-refractivity contribution in [3.8, 4) is 0 Å². The average molecular weight is 349 g/mol. The van der Waals surface area contributed by atoms with Gasteiger partial charge < -0.3 is 0 Å². The van der Waals surface area contributed by atoms with Crippen LogP contribution in [0.1, 0.15) is 78.6 Å². The summed E-state index contributed by atoms with van der Waals surface area (Å²) in [6.45, 7) is 15.7. The Kier molecular flexibility index (Phi) is 5.78. The summed E-state index contributed by atoms with van der Waals surface area (Å²) < 4.78 is 2.02. The molecule has 142 valence electrons. The molecule has 2 aliphatic rings. The molecule has 0 radical (unpaired) electrons. The molecule has 1 atom stereocenters. The fraction of sp³-hybridized carbons (Fsp3) is 0.947. The molecule has 1 aromatic heterocycles. The highest BCUT2D eigenvalue weighted by molar-refractivity contribution is 4.99. The molecular weight excluding hydrogens is 312 g/mol. The van der Waals surface area contributed by atoms with E-state index in [9.17, 15) is 0 Å². The third-order valence-corrected chi connectivity index (χ3v) is 5.86. The van der Waals surface area contributed by atoms with Gasteiger partial charge in [-0.3, -0.25) is 9.80 Å². The Morgan fingerprint density at radius 2 is 1.60 bits per heavy atom. The van der Waals surface area contributed by atoms with Gasteiger partial charge in [-0.25, -0.2) is 4.68 Å². The zero-order valence-electron chi connectivity index (χ0n) is 16.8. The van der Waals surface area contributed by atoms with Crippen molar-refractivity contribution in [1.82, 2.24) is 30.0 Å². The van der Waals surface area contributed by atoms with E-state index in [1.54, 1.807) is 0 Å². The van der Waals surface area contributed by atoms with Crippen LogP contribution < -0.4 is 0 Å². The maximum atomic E-state index is 4.43. The van der Waals surface area contributed by atoms with Gasteiger partial charge in [0, 0.05) is 32.2 Å². The number of rotatable bonds is 4. The van der Waals surface area contributed by atoms with Gasteiger partial charge in [-0.15, -0.1) is 5.10 Å². The molecule has 1 aromatic rings. The predicted molar refractivity (Wildman–Crippen MR) is 100 cm³/mol. The van der Waals surface area contributed by atoms with Gasteiger partial charge in [-0.1, -0.05) is 33.1 Å². The topological polar surface area (TPSA) is 50.1 Å². The minimum absolute atomic E-state index is 0.0874. The third kappa shape index (κ3) is 4.22. The van der Waals surface area contributed by atoms with Crippen LogP contribution in [-0.2, 0) is 5.54 Å². The van der Waals surface area contributed by atoms with Gasteiger partial charge in [0.15, 0.2) is 5.82 Å². The summed E-state index contributed by atoms with van der Waals surface area (Å²) in [4.78, 5) is 5.34. The van der Waals surface area contributed by atoms with Crippen LogP contribution in [0.25, 0.3) is 0 Å². The SMILES string of the molecule is CC(C)[C@H](c1nnnn1C(C)(C)C)N1CCN(C2CCCCC2)CC1. The number of hydrogen-bond acceptors (Lipinski definition) is 5. The molecule has 1 saturated carbocycles. The number of hydrogen-bond donors (Lipinski definition) is 0. The Morgan fingerprint density at radius 3 is 2.16 bits per heavy atom. The summed E-state index contributed by atoms with van der Waals surface area (Å²) in [5.74, 6) is 1.52. The molecule has 0 aromatic carbocycles. The van der Waals surface area contributed by atoms with Crippen LogP contribution in [0.2, 0.25) is 0 Å². The molecule has 25 heavy (non-hydrogen) atoms. The zero-order chi connectivity index (χ0) is 18.0. The quantitative estimate of drug-likeness (QED) is 0.837. The van der Waals surface area contributed by atoms with E-state index in [4.69, 9.17) is 0 Å². The van der Waals surface area contributed by atoms with Crippen molar-refractivity contribution in [2.24, 2.45) is 5.92 Å². The smallest absolute Gasteiger partial charge is 0.169 e. The Hall–Kier alpha value is -1.01. The molecule has 0 bridgehead atoms. The molecule has 0 N–H and O–H groups in total. The molecule has 1 aliphatic heterocycles. The van der Waals surface area contributed by atoms with Crippen LogP contribution >= 0.6 is 0 Å². The van der Waals surface area contributed by atoms with E-state index in [1.807, 2.05) is 4.68 Å². The zero-order valence-corrected chi connectivity index (χ0v) is 16.8. The first-order valence-electron chi connectivity index (χ1n) is 10.1. The van der Waals surface area contributed by atoms with Crippen LogP contribution in [0.15, 0.2) is 0 Å². The molecule has 0 amide bonds. The lowest BCUT2D eigenvalue weighted by Gasteiger charge is -2.44. The van der Waals surface area contributed by atoms with Crippen LogP contribution in [-0.4, -0.2) is 62.2 Å². The molecule has 1 aliphatic carbocycles. The Bertz CT molecular complexity index is 532. The van der Waals surface area contributed by atoms with Crippen molar-refractivity contribution in [3.63, 3.8) is 0 Å². The van der Waals surface area contributed by atoms with Crippen molar-refractivity contribution < 1.29 is 0 Å². The molecule has 1 saturated heterocycles. The molecule has 2 heterocycles. The third-order valence-electron chi connectivity index (χ3n) is 5.86. The van der Waals surface area contributed by atoms with Crippen LogP contribution in [0, 0.1) is 5.92 Å². The van der Waals surface area contributed by atoms with E-state index in [0.29, 0.717) is 12.0 Å². The Labute approximate surface area is 152 Å². The van der Waals surface area contributed by atoms with Gasteiger partial charge in [-0.05, 0) is 50.0 Å². The highest BCUT2D eigenvalue weighted by Gasteiger charge is 2.35. The largest absolute Gasteiger partial charge is 0.298 e. The summed E-state index contributed by atoms with van der Waals surface area (Å²) in [7, 11) is 0.